The maximum atomic E-state index is 13.8. The molecule has 0 amide bonds. The van der Waals surface area contributed by atoms with Crippen LogP contribution in [-0.4, -0.2) is 10.8 Å². The van der Waals surface area contributed by atoms with Gasteiger partial charge in [-0.1, -0.05) is 156 Å². The molecule has 194 valence electrons. The van der Waals surface area contributed by atoms with E-state index < -0.39 is 8.95 Å². The number of rotatable bonds is 5. The Balaban J connectivity index is 1.47. The van der Waals surface area contributed by atoms with E-state index in [-0.39, 0.29) is 5.78 Å². The van der Waals surface area contributed by atoms with Crippen molar-refractivity contribution >= 4 is 40.0 Å². The fourth-order valence-electron chi connectivity index (χ4n) is 5.63. The van der Waals surface area contributed by atoms with Crippen molar-refractivity contribution in [1.29, 1.82) is 0 Å². The average Bonchev–Trinajstić information content (AvgIpc) is 3.55. The van der Waals surface area contributed by atoms with Crippen molar-refractivity contribution in [3.05, 3.63) is 173 Å². The largest absolute Gasteiger partial charge is 0.286 e. The number of benzene rings is 5. The first-order valence-electron chi connectivity index (χ1n) is 13.3. The zero-order valence-electron chi connectivity index (χ0n) is 21.9. The van der Waals surface area contributed by atoms with Crippen molar-refractivity contribution in [3.63, 3.8) is 0 Å². The summed E-state index contributed by atoms with van der Waals surface area (Å²) in [6, 6.07) is 47.9. The summed E-state index contributed by atoms with van der Waals surface area (Å²) in [6.45, 7) is 2.08. The van der Waals surface area contributed by atoms with E-state index in [0.717, 1.165) is 11.3 Å². The van der Waals surface area contributed by atoms with Crippen LogP contribution in [0.2, 0.25) is 0 Å². The molecule has 2 aliphatic heterocycles. The van der Waals surface area contributed by atoms with Gasteiger partial charge < -0.3 is 0 Å². The van der Waals surface area contributed by atoms with E-state index >= 15 is 0 Å². The molecule has 40 heavy (non-hydrogen) atoms. The third-order valence-electron chi connectivity index (χ3n) is 7.51. The Labute approximate surface area is 243 Å². The summed E-state index contributed by atoms with van der Waals surface area (Å²) < 4.78 is -1.20. The molecule has 0 saturated carbocycles. The van der Waals surface area contributed by atoms with Crippen LogP contribution in [0.4, 0.5) is 5.69 Å². The molecule has 0 fully saturated rings. The molecule has 0 radical (unpaired) electrons. The van der Waals surface area contributed by atoms with Gasteiger partial charge in [-0.15, -0.1) is 0 Å². The first-order valence-corrected chi connectivity index (χ1v) is 14.9. The second kappa shape index (κ2) is 9.84. The highest BCUT2D eigenvalue weighted by atomic mass is 32.2. The number of carbonyl (C=O) groups is 1. The molecule has 5 aromatic rings. The minimum Gasteiger partial charge on any atom is -0.286 e. The van der Waals surface area contributed by atoms with Gasteiger partial charge in [-0.25, -0.2) is 5.01 Å². The van der Waals surface area contributed by atoms with E-state index in [1.165, 1.54) is 22.3 Å². The van der Waals surface area contributed by atoms with Gasteiger partial charge in [0.2, 0.25) is 5.78 Å². The zero-order valence-corrected chi connectivity index (χ0v) is 23.5. The van der Waals surface area contributed by atoms with E-state index in [1.807, 2.05) is 42.1 Å². The summed E-state index contributed by atoms with van der Waals surface area (Å²) in [6.07, 6.45) is 0. The van der Waals surface area contributed by atoms with E-state index in [4.69, 9.17) is 5.10 Å². The smallest absolute Gasteiger partial charge is 0.219 e. The molecule has 0 aliphatic carbocycles. The summed E-state index contributed by atoms with van der Waals surface area (Å²) >= 11 is 3.40. The number of ketones is 1. The minimum atomic E-state index is -0.697. The summed E-state index contributed by atoms with van der Waals surface area (Å²) in [7, 11) is 0. The van der Waals surface area contributed by atoms with Gasteiger partial charge in [0.25, 0.3) is 0 Å². The van der Waals surface area contributed by atoms with Gasteiger partial charge in [-0.3, -0.25) is 4.79 Å². The monoisotopic (exact) mass is 554 g/mol. The van der Waals surface area contributed by atoms with Gasteiger partial charge in [0, 0.05) is 11.1 Å². The Hall–Kier alpha value is -4.06. The number of fused-ring (bicyclic) bond motifs is 2. The molecule has 2 aliphatic rings. The van der Waals surface area contributed by atoms with Crippen LogP contribution >= 0.6 is 23.5 Å². The molecule has 1 atom stereocenters. The molecule has 7 rings (SSSR count). The maximum absolute atomic E-state index is 13.8. The van der Waals surface area contributed by atoms with Crippen LogP contribution in [0.1, 0.15) is 38.2 Å². The van der Waals surface area contributed by atoms with Gasteiger partial charge in [-0.05, 0) is 35.7 Å². The minimum absolute atomic E-state index is 0.0606. The van der Waals surface area contributed by atoms with E-state index in [0.29, 0.717) is 10.6 Å². The number of hydrogen-bond acceptors (Lipinski definition) is 5. The van der Waals surface area contributed by atoms with E-state index in [2.05, 4.69) is 121 Å². The quantitative estimate of drug-likeness (QED) is 0.204. The first kappa shape index (κ1) is 24.9. The normalized spacial score (nSPS) is 18.9. The Morgan fingerprint density at radius 1 is 0.650 bits per heavy atom. The number of hydrogen-bond donors (Lipinski definition) is 0. The molecule has 2 heterocycles. The molecule has 1 spiro atoms. The zero-order chi connectivity index (χ0) is 27.2. The van der Waals surface area contributed by atoms with Gasteiger partial charge in [0.15, 0.2) is 9.25 Å². The van der Waals surface area contributed by atoms with Crippen LogP contribution in [0.25, 0.3) is 0 Å². The van der Waals surface area contributed by atoms with Crippen LogP contribution in [-0.2, 0) is 8.95 Å². The second-order valence-electron chi connectivity index (χ2n) is 9.99. The molecular weight excluding hydrogens is 529 g/mol. The van der Waals surface area contributed by atoms with Crippen LogP contribution in [0.15, 0.2) is 145 Å². The van der Waals surface area contributed by atoms with Crippen molar-refractivity contribution in [3.8, 4) is 0 Å². The Morgan fingerprint density at radius 2 is 1.18 bits per heavy atom. The Morgan fingerprint density at radius 3 is 1.77 bits per heavy atom. The fraction of sp³-hybridized carbons (Fsp3) is 0.0857. The molecule has 3 nitrogen and oxygen atoms in total. The van der Waals surface area contributed by atoms with Crippen LogP contribution in [0.3, 0.4) is 0 Å². The maximum Gasteiger partial charge on any atom is 0.219 e. The van der Waals surface area contributed by atoms with Crippen LogP contribution in [0.5, 0.6) is 0 Å². The molecule has 0 bridgehead atoms. The number of thioether (sulfide) groups is 2. The SMILES string of the molecule is Cc1ccc(N2N=C(C(=O)c3ccccc3)SC23SC(c2ccccc2)(c2ccccc2)c2ccccc23)cc1. The van der Waals surface area contributed by atoms with Crippen LogP contribution < -0.4 is 5.01 Å². The lowest BCUT2D eigenvalue weighted by atomic mass is 9.82. The Bertz CT molecular complexity index is 1680. The molecule has 0 N–H and O–H groups in total. The summed E-state index contributed by atoms with van der Waals surface area (Å²) in [5.41, 5.74) is 7.53. The third-order valence-corrected chi connectivity index (χ3v) is 10.8. The van der Waals surface area contributed by atoms with Crippen molar-refractivity contribution in [1.82, 2.24) is 0 Å². The first-order chi connectivity index (χ1) is 19.6. The van der Waals surface area contributed by atoms with Gasteiger partial charge in [0.1, 0.15) is 0 Å². The van der Waals surface area contributed by atoms with Crippen molar-refractivity contribution < 1.29 is 4.79 Å². The number of aryl methyl sites for hydroxylation is 1. The molecular formula is C35H26N2OS2. The lowest BCUT2D eigenvalue weighted by Gasteiger charge is -2.37. The highest BCUT2D eigenvalue weighted by Crippen LogP contribution is 2.70. The third kappa shape index (κ3) is 3.84. The second-order valence-corrected chi connectivity index (χ2v) is 12.8. The fourth-order valence-corrected chi connectivity index (χ4v) is 9.25. The number of nitrogens with zero attached hydrogens (tertiary/aromatic N) is 2. The molecule has 1 unspecified atom stereocenters. The van der Waals surface area contributed by atoms with E-state index in [9.17, 15) is 4.79 Å². The number of hydrazone groups is 1. The van der Waals surface area contributed by atoms with Crippen molar-refractivity contribution in [2.75, 3.05) is 5.01 Å². The molecule has 5 aromatic carbocycles. The molecule has 5 heteroatoms. The number of carbonyl (C=O) groups excluding carboxylic acids is 1. The van der Waals surface area contributed by atoms with Crippen LogP contribution in [0, 0.1) is 6.92 Å². The molecule has 0 saturated heterocycles. The predicted molar refractivity (Wildman–Crippen MR) is 168 cm³/mol. The number of anilines is 1. The van der Waals surface area contributed by atoms with Gasteiger partial charge in [-0.2, -0.15) is 5.10 Å². The Kier molecular flexibility index (Phi) is 6.14. The van der Waals surface area contributed by atoms with Gasteiger partial charge >= 0.3 is 0 Å². The van der Waals surface area contributed by atoms with Crippen molar-refractivity contribution in [2.24, 2.45) is 5.10 Å². The standard InChI is InChI=1S/C35H26N2OS2/c1-25-21-23-29(24-22-25)37-35(39-33(36-37)32(38)26-13-5-2-6-14-26)31-20-12-11-19-30(31)34(40-35,27-15-7-3-8-16-27)28-17-9-4-10-18-28/h2-24H,1H3. The summed E-state index contributed by atoms with van der Waals surface area (Å²) in [5.74, 6) is -0.0606. The lowest BCUT2D eigenvalue weighted by Crippen LogP contribution is -2.34. The van der Waals surface area contributed by atoms with Crippen molar-refractivity contribution in [2.45, 2.75) is 15.9 Å². The summed E-state index contributed by atoms with van der Waals surface area (Å²) in [5, 5.41) is 7.66. The predicted octanol–water partition coefficient (Wildman–Crippen LogP) is 8.59. The highest BCUT2D eigenvalue weighted by molar-refractivity contribution is 8.27. The highest BCUT2D eigenvalue weighted by Gasteiger charge is 2.61. The van der Waals surface area contributed by atoms with Gasteiger partial charge in [0.05, 0.1) is 10.4 Å². The number of Topliss-reactive ketones (excluding diaryl/α,β-unsaturated/α-hetero) is 1. The summed E-state index contributed by atoms with van der Waals surface area (Å²) in [4.78, 5) is 13.8. The molecule has 0 aromatic heterocycles. The average molecular weight is 555 g/mol. The van der Waals surface area contributed by atoms with E-state index in [1.54, 1.807) is 11.8 Å². The lowest BCUT2D eigenvalue weighted by molar-refractivity contribution is 0.106. The topological polar surface area (TPSA) is 32.7 Å².